The third-order valence-electron chi connectivity index (χ3n) is 3.91. The molecule has 0 radical (unpaired) electrons. The van der Waals surface area contributed by atoms with Crippen LogP contribution in [-0.2, 0) is 9.59 Å². The van der Waals surface area contributed by atoms with Gasteiger partial charge in [-0.2, -0.15) is 0 Å². The van der Waals surface area contributed by atoms with Crippen molar-refractivity contribution in [2.45, 2.75) is 26.3 Å². The van der Waals surface area contributed by atoms with Crippen molar-refractivity contribution in [1.82, 2.24) is 0 Å². The minimum absolute atomic E-state index is 0.153. The molecule has 0 saturated carbocycles. The molecule has 2 amide bonds. The van der Waals surface area contributed by atoms with Crippen molar-refractivity contribution in [2.24, 2.45) is 0 Å². The summed E-state index contributed by atoms with van der Waals surface area (Å²) in [4.78, 5) is 26.2. The fraction of sp³-hybridized carbons (Fsp3) is 0.263. The van der Waals surface area contributed by atoms with Crippen molar-refractivity contribution in [2.75, 3.05) is 16.8 Å². The zero-order chi connectivity index (χ0) is 17.1. The van der Waals surface area contributed by atoms with Gasteiger partial charge in [-0.3, -0.25) is 9.59 Å². The first-order valence-electron chi connectivity index (χ1n) is 8.01. The van der Waals surface area contributed by atoms with Gasteiger partial charge in [-0.05, 0) is 55.8 Å². The van der Waals surface area contributed by atoms with E-state index in [1.54, 1.807) is 6.07 Å². The van der Waals surface area contributed by atoms with Gasteiger partial charge < -0.3 is 10.1 Å². The molecule has 1 fully saturated rings. The van der Waals surface area contributed by atoms with Crippen LogP contribution in [0.2, 0.25) is 0 Å². The van der Waals surface area contributed by atoms with Crippen molar-refractivity contribution in [1.29, 1.82) is 0 Å². The van der Waals surface area contributed by atoms with Crippen LogP contribution in [-0.4, -0.2) is 24.5 Å². The topological polar surface area (TPSA) is 58.6 Å². The van der Waals surface area contributed by atoms with Gasteiger partial charge in [0.2, 0.25) is 5.91 Å². The van der Waals surface area contributed by atoms with E-state index in [2.05, 4.69) is 5.32 Å². The summed E-state index contributed by atoms with van der Waals surface area (Å²) >= 11 is 0. The predicted octanol–water partition coefficient (Wildman–Crippen LogP) is 3.14. The van der Waals surface area contributed by atoms with Crippen LogP contribution in [0.1, 0.15) is 18.9 Å². The molecule has 5 nitrogen and oxygen atoms in total. The molecule has 124 valence electrons. The smallest absolute Gasteiger partial charge is 0.256 e. The van der Waals surface area contributed by atoms with Gasteiger partial charge in [-0.25, -0.2) is 4.90 Å². The van der Waals surface area contributed by atoms with Gasteiger partial charge in [-0.1, -0.05) is 12.1 Å². The Balaban J connectivity index is 1.74. The fourth-order valence-corrected chi connectivity index (χ4v) is 2.80. The zero-order valence-electron chi connectivity index (χ0n) is 13.8. The number of ether oxygens (including phenoxy) is 1. The molecule has 5 heteroatoms. The number of nitrogens with zero attached hydrogens (tertiary/aromatic N) is 1. The highest BCUT2D eigenvalue weighted by Gasteiger charge is 2.39. The van der Waals surface area contributed by atoms with E-state index in [1.807, 2.05) is 56.3 Å². The number of carbonyl (C=O) groups excluding carboxylic acids is 2. The van der Waals surface area contributed by atoms with Crippen molar-refractivity contribution in [3.8, 4) is 5.75 Å². The number of nitrogens with one attached hydrogen (secondary N) is 1. The molecular weight excluding hydrogens is 304 g/mol. The average Bonchev–Trinajstić information content (AvgIpc) is 2.83. The molecule has 0 spiro atoms. The van der Waals surface area contributed by atoms with E-state index in [-0.39, 0.29) is 18.2 Å². The van der Waals surface area contributed by atoms with Crippen LogP contribution in [0.3, 0.4) is 0 Å². The molecular formula is C19H20N2O3. The number of hydrogen-bond acceptors (Lipinski definition) is 4. The van der Waals surface area contributed by atoms with Gasteiger partial charge in [0.1, 0.15) is 11.8 Å². The zero-order valence-corrected chi connectivity index (χ0v) is 13.8. The maximum absolute atomic E-state index is 12.6. The van der Waals surface area contributed by atoms with Crippen LogP contribution < -0.4 is 15.0 Å². The number of amides is 2. The standard InChI is InChI=1S/C19H20N2O3/c1-3-24-16-9-7-14(8-10-16)20-17-12-18(22)21(19(17)23)15-6-4-5-13(2)11-15/h4-11,17,20H,3,12H2,1-2H3/t17-/m1/s1. The van der Waals surface area contributed by atoms with E-state index in [9.17, 15) is 9.59 Å². The summed E-state index contributed by atoms with van der Waals surface area (Å²) in [5, 5.41) is 3.14. The van der Waals surface area contributed by atoms with Gasteiger partial charge >= 0.3 is 0 Å². The van der Waals surface area contributed by atoms with Crippen LogP contribution in [0.25, 0.3) is 0 Å². The van der Waals surface area contributed by atoms with Crippen molar-refractivity contribution >= 4 is 23.2 Å². The maximum atomic E-state index is 12.6. The number of imide groups is 1. The number of benzene rings is 2. The van der Waals surface area contributed by atoms with Crippen molar-refractivity contribution in [3.63, 3.8) is 0 Å². The quantitative estimate of drug-likeness (QED) is 0.859. The Hall–Kier alpha value is -2.82. The molecule has 0 aromatic heterocycles. The lowest BCUT2D eigenvalue weighted by Crippen LogP contribution is -2.34. The van der Waals surface area contributed by atoms with Gasteiger partial charge in [0, 0.05) is 5.69 Å². The molecule has 24 heavy (non-hydrogen) atoms. The summed E-state index contributed by atoms with van der Waals surface area (Å²) in [6, 6.07) is 14.2. The molecule has 0 unspecified atom stereocenters. The Labute approximate surface area is 141 Å². The normalized spacial score (nSPS) is 17.2. The van der Waals surface area contributed by atoms with Crippen LogP contribution in [0.4, 0.5) is 11.4 Å². The molecule has 1 atom stereocenters. The van der Waals surface area contributed by atoms with E-state index in [0.717, 1.165) is 17.0 Å². The maximum Gasteiger partial charge on any atom is 0.256 e. The number of carbonyl (C=O) groups is 2. The van der Waals surface area contributed by atoms with E-state index >= 15 is 0 Å². The molecule has 1 aliphatic rings. The Morgan fingerprint density at radius 3 is 2.58 bits per heavy atom. The molecule has 0 bridgehead atoms. The van der Waals surface area contributed by atoms with Gasteiger partial charge in [0.05, 0.1) is 18.7 Å². The second kappa shape index (κ2) is 6.74. The number of hydrogen-bond donors (Lipinski definition) is 1. The Morgan fingerprint density at radius 1 is 1.17 bits per heavy atom. The molecule has 1 saturated heterocycles. The lowest BCUT2D eigenvalue weighted by atomic mass is 10.2. The van der Waals surface area contributed by atoms with Crippen LogP contribution in [0.5, 0.6) is 5.75 Å². The second-order valence-corrected chi connectivity index (χ2v) is 5.76. The molecule has 2 aromatic carbocycles. The Kier molecular flexibility index (Phi) is 4.51. The van der Waals surface area contributed by atoms with Crippen LogP contribution >= 0.6 is 0 Å². The molecule has 2 aromatic rings. The monoisotopic (exact) mass is 324 g/mol. The molecule has 1 heterocycles. The van der Waals surface area contributed by atoms with Crippen LogP contribution in [0.15, 0.2) is 48.5 Å². The first kappa shape index (κ1) is 16.1. The molecule has 1 aliphatic heterocycles. The summed E-state index contributed by atoms with van der Waals surface area (Å²) in [5.41, 5.74) is 2.42. The van der Waals surface area contributed by atoms with E-state index < -0.39 is 6.04 Å². The third kappa shape index (κ3) is 3.25. The first-order chi connectivity index (χ1) is 11.6. The largest absolute Gasteiger partial charge is 0.494 e. The van der Waals surface area contributed by atoms with Gasteiger partial charge in [0.25, 0.3) is 5.91 Å². The SMILES string of the molecule is CCOc1ccc(N[C@@H]2CC(=O)N(c3cccc(C)c3)C2=O)cc1. The average molecular weight is 324 g/mol. The Morgan fingerprint density at radius 2 is 1.92 bits per heavy atom. The highest BCUT2D eigenvalue weighted by molar-refractivity contribution is 6.23. The summed E-state index contributed by atoms with van der Waals surface area (Å²) in [6.07, 6.45) is 0.153. The number of rotatable bonds is 5. The number of aryl methyl sites for hydroxylation is 1. The second-order valence-electron chi connectivity index (χ2n) is 5.76. The third-order valence-corrected chi connectivity index (χ3v) is 3.91. The Bertz CT molecular complexity index is 755. The minimum atomic E-state index is -0.545. The van der Waals surface area contributed by atoms with Crippen molar-refractivity contribution in [3.05, 3.63) is 54.1 Å². The highest BCUT2D eigenvalue weighted by Crippen LogP contribution is 2.26. The summed E-state index contributed by atoms with van der Waals surface area (Å²) < 4.78 is 5.40. The van der Waals surface area contributed by atoms with E-state index in [4.69, 9.17) is 4.74 Å². The minimum Gasteiger partial charge on any atom is -0.494 e. The lowest BCUT2D eigenvalue weighted by molar-refractivity contribution is -0.121. The predicted molar refractivity (Wildman–Crippen MR) is 93.3 cm³/mol. The van der Waals surface area contributed by atoms with E-state index in [0.29, 0.717) is 12.3 Å². The van der Waals surface area contributed by atoms with E-state index in [1.165, 1.54) is 4.90 Å². The summed E-state index contributed by atoms with van der Waals surface area (Å²) in [7, 11) is 0. The molecule has 3 rings (SSSR count). The summed E-state index contributed by atoms with van der Waals surface area (Å²) in [5.74, 6) is 0.367. The molecule has 0 aliphatic carbocycles. The summed E-state index contributed by atoms with van der Waals surface area (Å²) in [6.45, 7) is 4.47. The van der Waals surface area contributed by atoms with Gasteiger partial charge in [0.15, 0.2) is 0 Å². The van der Waals surface area contributed by atoms with Crippen molar-refractivity contribution < 1.29 is 14.3 Å². The number of anilines is 2. The van der Waals surface area contributed by atoms with Gasteiger partial charge in [-0.15, -0.1) is 0 Å². The highest BCUT2D eigenvalue weighted by atomic mass is 16.5. The lowest BCUT2D eigenvalue weighted by Gasteiger charge is -2.16. The first-order valence-corrected chi connectivity index (χ1v) is 8.01. The fourth-order valence-electron chi connectivity index (χ4n) is 2.80. The molecule has 1 N–H and O–H groups in total. The van der Waals surface area contributed by atoms with Crippen LogP contribution in [0, 0.1) is 6.92 Å².